The minimum Gasteiger partial charge on any atom is -0.497 e. The fourth-order valence-electron chi connectivity index (χ4n) is 4.10. The summed E-state index contributed by atoms with van der Waals surface area (Å²) in [4.78, 5) is 21.8. The van der Waals surface area contributed by atoms with Gasteiger partial charge in [-0.3, -0.25) is 4.79 Å². The summed E-state index contributed by atoms with van der Waals surface area (Å²) < 4.78 is 21.4. The van der Waals surface area contributed by atoms with E-state index >= 15 is 0 Å². The van der Waals surface area contributed by atoms with Gasteiger partial charge in [-0.1, -0.05) is 0 Å². The van der Waals surface area contributed by atoms with E-state index in [-0.39, 0.29) is 5.91 Å². The number of carbonyl (C=O) groups is 1. The van der Waals surface area contributed by atoms with Gasteiger partial charge in [0, 0.05) is 43.2 Å². The molecule has 2 heterocycles. The number of ether oxygens (including phenoxy) is 4. The SMILES string of the molecule is COc1ccc2cc(C#N)c(N3CCN(C(=O)c4cc(OC)c(OC)c(OC)c4)CC3)nc2c1. The van der Waals surface area contributed by atoms with Crippen molar-refractivity contribution in [3.05, 3.63) is 47.5 Å². The second-order valence-corrected chi connectivity index (χ2v) is 7.72. The molecule has 9 heteroatoms. The lowest BCUT2D eigenvalue weighted by atomic mass is 10.1. The monoisotopic (exact) mass is 462 g/mol. The first-order valence-electron chi connectivity index (χ1n) is 10.8. The van der Waals surface area contributed by atoms with Crippen molar-refractivity contribution < 1.29 is 23.7 Å². The number of hydrogen-bond acceptors (Lipinski definition) is 8. The number of anilines is 1. The zero-order valence-corrected chi connectivity index (χ0v) is 19.6. The van der Waals surface area contributed by atoms with Gasteiger partial charge in [-0.05, 0) is 30.3 Å². The van der Waals surface area contributed by atoms with Crippen molar-refractivity contribution in [3.63, 3.8) is 0 Å². The first-order chi connectivity index (χ1) is 16.5. The zero-order valence-electron chi connectivity index (χ0n) is 19.6. The molecule has 0 spiro atoms. The van der Waals surface area contributed by atoms with Crippen LogP contribution in [-0.4, -0.2) is 70.4 Å². The Kier molecular flexibility index (Phi) is 6.59. The molecule has 1 fully saturated rings. The van der Waals surface area contributed by atoms with Crippen LogP contribution in [0.3, 0.4) is 0 Å². The smallest absolute Gasteiger partial charge is 0.254 e. The van der Waals surface area contributed by atoms with E-state index < -0.39 is 0 Å². The van der Waals surface area contributed by atoms with Crippen LogP contribution in [0.5, 0.6) is 23.0 Å². The fraction of sp³-hybridized carbons (Fsp3) is 0.320. The van der Waals surface area contributed by atoms with Crippen LogP contribution in [0.4, 0.5) is 5.82 Å². The van der Waals surface area contributed by atoms with Crippen LogP contribution in [0.15, 0.2) is 36.4 Å². The summed E-state index contributed by atoms with van der Waals surface area (Å²) in [5.41, 5.74) is 1.71. The van der Waals surface area contributed by atoms with Crippen molar-refractivity contribution in [2.45, 2.75) is 0 Å². The zero-order chi connectivity index (χ0) is 24.2. The van der Waals surface area contributed by atoms with Gasteiger partial charge in [-0.15, -0.1) is 0 Å². The van der Waals surface area contributed by atoms with Crippen molar-refractivity contribution in [2.24, 2.45) is 0 Å². The van der Waals surface area contributed by atoms with Crippen LogP contribution in [-0.2, 0) is 0 Å². The van der Waals surface area contributed by atoms with E-state index in [1.807, 2.05) is 29.2 Å². The highest BCUT2D eigenvalue weighted by Gasteiger charge is 2.26. The summed E-state index contributed by atoms with van der Waals surface area (Å²) >= 11 is 0. The molecular weight excluding hydrogens is 436 g/mol. The highest BCUT2D eigenvalue weighted by atomic mass is 16.5. The molecule has 1 aliphatic heterocycles. The Bertz CT molecular complexity index is 1240. The summed E-state index contributed by atoms with van der Waals surface area (Å²) in [6, 6.07) is 13.0. The summed E-state index contributed by atoms with van der Waals surface area (Å²) in [6.07, 6.45) is 0. The Morgan fingerprint density at radius 2 is 1.59 bits per heavy atom. The summed E-state index contributed by atoms with van der Waals surface area (Å²) in [6.45, 7) is 2.07. The largest absolute Gasteiger partial charge is 0.497 e. The van der Waals surface area contributed by atoms with E-state index in [9.17, 15) is 10.1 Å². The number of methoxy groups -OCH3 is 4. The molecule has 34 heavy (non-hydrogen) atoms. The number of carbonyl (C=O) groups excluding carboxylic acids is 1. The van der Waals surface area contributed by atoms with E-state index in [0.717, 1.165) is 10.9 Å². The molecule has 0 N–H and O–H groups in total. The minimum absolute atomic E-state index is 0.129. The third kappa shape index (κ3) is 4.22. The van der Waals surface area contributed by atoms with Crippen LogP contribution >= 0.6 is 0 Å². The summed E-state index contributed by atoms with van der Waals surface area (Å²) in [7, 11) is 6.16. The average Bonchev–Trinajstić information content (AvgIpc) is 2.90. The van der Waals surface area contributed by atoms with Crippen molar-refractivity contribution in [3.8, 4) is 29.1 Å². The molecule has 1 amide bonds. The molecule has 0 bridgehead atoms. The number of nitriles is 1. The topological polar surface area (TPSA) is 97.2 Å². The third-order valence-electron chi connectivity index (χ3n) is 5.90. The molecule has 4 rings (SSSR count). The Hall–Kier alpha value is -4.19. The molecular formula is C25H26N4O5. The first-order valence-corrected chi connectivity index (χ1v) is 10.8. The molecule has 2 aromatic carbocycles. The van der Waals surface area contributed by atoms with Crippen LogP contribution in [0.25, 0.3) is 10.9 Å². The highest BCUT2D eigenvalue weighted by molar-refractivity contribution is 5.96. The van der Waals surface area contributed by atoms with E-state index in [1.54, 1.807) is 24.1 Å². The van der Waals surface area contributed by atoms with Crippen molar-refractivity contribution in [1.82, 2.24) is 9.88 Å². The fourth-order valence-corrected chi connectivity index (χ4v) is 4.10. The van der Waals surface area contributed by atoms with Gasteiger partial charge >= 0.3 is 0 Å². The van der Waals surface area contributed by atoms with Gasteiger partial charge in [0.05, 0.1) is 39.5 Å². The van der Waals surface area contributed by atoms with Gasteiger partial charge in [0.1, 0.15) is 17.6 Å². The summed E-state index contributed by atoms with van der Waals surface area (Å²) in [5, 5.41) is 10.6. The van der Waals surface area contributed by atoms with Gasteiger partial charge in [0.25, 0.3) is 5.91 Å². The molecule has 1 aliphatic rings. The number of nitrogens with zero attached hydrogens (tertiary/aromatic N) is 4. The lowest BCUT2D eigenvalue weighted by molar-refractivity contribution is 0.0745. The number of rotatable bonds is 6. The van der Waals surface area contributed by atoms with Crippen LogP contribution in [0.1, 0.15) is 15.9 Å². The molecule has 1 saturated heterocycles. The molecule has 0 atom stereocenters. The number of pyridine rings is 1. The van der Waals surface area contributed by atoms with Crippen molar-refractivity contribution in [1.29, 1.82) is 5.26 Å². The highest BCUT2D eigenvalue weighted by Crippen LogP contribution is 2.38. The minimum atomic E-state index is -0.129. The lowest BCUT2D eigenvalue weighted by Crippen LogP contribution is -2.49. The Morgan fingerprint density at radius 3 is 2.15 bits per heavy atom. The van der Waals surface area contributed by atoms with Gasteiger partial charge in [0.15, 0.2) is 11.5 Å². The number of fused-ring (bicyclic) bond motifs is 1. The number of aromatic nitrogens is 1. The lowest BCUT2D eigenvalue weighted by Gasteiger charge is -2.36. The Balaban J connectivity index is 1.55. The predicted octanol–water partition coefficient (Wildman–Crippen LogP) is 3.10. The molecule has 1 aromatic heterocycles. The molecule has 0 aliphatic carbocycles. The van der Waals surface area contributed by atoms with Gasteiger partial charge in [-0.25, -0.2) is 4.98 Å². The molecule has 3 aromatic rings. The maximum absolute atomic E-state index is 13.2. The molecule has 0 radical (unpaired) electrons. The first kappa shape index (κ1) is 23.0. The quantitative estimate of drug-likeness (QED) is 0.551. The van der Waals surface area contributed by atoms with Crippen molar-refractivity contribution >= 4 is 22.6 Å². The number of amides is 1. The van der Waals surface area contributed by atoms with E-state index in [2.05, 4.69) is 6.07 Å². The van der Waals surface area contributed by atoms with E-state index in [4.69, 9.17) is 23.9 Å². The summed E-state index contributed by atoms with van der Waals surface area (Å²) in [5.74, 6) is 2.49. The molecule has 9 nitrogen and oxygen atoms in total. The van der Waals surface area contributed by atoms with Gasteiger partial charge in [0.2, 0.25) is 5.75 Å². The standard InChI is InChI=1S/C25H26N4O5/c1-31-19-6-5-16-11-18(15-26)24(27-20(16)14-19)28-7-9-29(10-8-28)25(30)17-12-21(32-2)23(34-4)22(13-17)33-3/h5-6,11-14H,7-10H2,1-4H3. The number of hydrogen-bond donors (Lipinski definition) is 0. The van der Waals surface area contributed by atoms with E-state index in [0.29, 0.717) is 66.1 Å². The van der Waals surface area contributed by atoms with Gasteiger partial charge < -0.3 is 28.7 Å². The Labute approximate surface area is 198 Å². The number of benzene rings is 2. The molecule has 176 valence electrons. The van der Waals surface area contributed by atoms with Crippen LogP contribution < -0.4 is 23.8 Å². The van der Waals surface area contributed by atoms with Gasteiger partial charge in [-0.2, -0.15) is 5.26 Å². The normalized spacial score (nSPS) is 13.4. The maximum Gasteiger partial charge on any atom is 0.254 e. The predicted molar refractivity (Wildman–Crippen MR) is 127 cm³/mol. The molecule has 0 saturated carbocycles. The average molecular weight is 463 g/mol. The second kappa shape index (κ2) is 9.75. The second-order valence-electron chi connectivity index (χ2n) is 7.72. The Morgan fingerprint density at radius 1 is 0.912 bits per heavy atom. The molecule has 0 unspecified atom stereocenters. The maximum atomic E-state index is 13.2. The van der Waals surface area contributed by atoms with Crippen LogP contribution in [0, 0.1) is 11.3 Å². The number of piperazine rings is 1. The van der Waals surface area contributed by atoms with E-state index in [1.165, 1.54) is 21.3 Å². The third-order valence-corrected chi connectivity index (χ3v) is 5.90. The van der Waals surface area contributed by atoms with Crippen LogP contribution in [0.2, 0.25) is 0 Å². The van der Waals surface area contributed by atoms with Crippen molar-refractivity contribution in [2.75, 3.05) is 59.5 Å².